The van der Waals surface area contributed by atoms with Crippen molar-refractivity contribution < 1.29 is 80.2 Å². The molecule has 0 saturated heterocycles. The van der Waals surface area contributed by atoms with Gasteiger partial charge in [0.15, 0.2) is 12.2 Å². The smallest absolute Gasteiger partial charge is 0.462 e. The summed E-state index contributed by atoms with van der Waals surface area (Å²) >= 11 is 0. The maximum Gasteiger partial charge on any atom is 0.472 e. The van der Waals surface area contributed by atoms with Crippen molar-refractivity contribution in [2.75, 3.05) is 39.6 Å². The number of rotatable bonds is 80. The lowest BCUT2D eigenvalue weighted by Gasteiger charge is -2.21. The second-order valence-corrected chi connectivity index (χ2v) is 34.4. The van der Waals surface area contributed by atoms with E-state index in [0.717, 1.165) is 114 Å². The molecule has 0 heterocycles. The molecule has 0 fully saturated rings. The Balaban J connectivity index is 5.22. The van der Waals surface area contributed by atoms with Gasteiger partial charge in [-0.05, 0) is 49.4 Å². The van der Waals surface area contributed by atoms with Crippen LogP contribution in [0.4, 0.5) is 0 Å². The molecule has 6 atom stereocenters. The molecule has 0 aromatic rings. The SMILES string of the molecule is CCC(C)CCCCCCCCCCC(=O)O[C@H](COC(=O)CCCCCCCCCC(C)C)COP(=O)(O)OCC(O)COP(=O)(O)OC[C@@H](COC(=O)CCCCCCCCCCCCCCCCCCC(C)C)OC(=O)CCCCCCCCCCCCCCCCCCCCC(C)C. The van der Waals surface area contributed by atoms with Gasteiger partial charge in [0.05, 0.1) is 26.4 Å². The quantitative estimate of drug-likeness (QED) is 0.0222. The lowest BCUT2D eigenvalue weighted by atomic mass is 9.99. The molecule has 0 saturated carbocycles. The molecule has 0 rings (SSSR count). The molecule has 0 aliphatic rings. The molecule has 0 spiro atoms. The monoisotopic (exact) mass is 1490 g/mol. The normalized spacial score (nSPS) is 14.3. The fourth-order valence-corrected chi connectivity index (χ4v) is 14.3. The number of phosphoric acid groups is 2. The van der Waals surface area contributed by atoms with Crippen LogP contribution in [0.15, 0.2) is 0 Å². The summed E-state index contributed by atoms with van der Waals surface area (Å²) in [6.07, 6.45) is 59.9. The Hall–Kier alpha value is -1.94. The van der Waals surface area contributed by atoms with Crippen molar-refractivity contribution in [1.29, 1.82) is 0 Å². The molecular weight excluding hydrogens is 1330 g/mol. The van der Waals surface area contributed by atoms with Gasteiger partial charge in [0, 0.05) is 25.7 Å². The van der Waals surface area contributed by atoms with Crippen molar-refractivity contribution in [3.05, 3.63) is 0 Å². The molecule has 0 aliphatic carbocycles. The van der Waals surface area contributed by atoms with Gasteiger partial charge in [-0.25, -0.2) is 9.13 Å². The second-order valence-electron chi connectivity index (χ2n) is 31.5. The zero-order chi connectivity index (χ0) is 75.3. The summed E-state index contributed by atoms with van der Waals surface area (Å²) in [5.41, 5.74) is 0. The number of carbonyl (C=O) groups is 4. The molecule has 4 unspecified atom stereocenters. The number of esters is 4. The summed E-state index contributed by atoms with van der Waals surface area (Å²) in [6.45, 7) is 14.3. The fourth-order valence-electron chi connectivity index (χ4n) is 12.8. The Labute approximate surface area is 626 Å². The van der Waals surface area contributed by atoms with E-state index >= 15 is 0 Å². The third-order valence-electron chi connectivity index (χ3n) is 19.7. The topological polar surface area (TPSA) is 237 Å². The second kappa shape index (κ2) is 72.0. The highest BCUT2D eigenvalue weighted by Gasteiger charge is 2.30. The van der Waals surface area contributed by atoms with Gasteiger partial charge in [0.2, 0.25) is 0 Å². The van der Waals surface area contributed by atoms with E-state index in [2.05, 4.69) is 55.4 Å². The zero-order valence-corrected chi connectivity index (χ0v) is 69.0. The average molecular weight is 1490 g/mol. The summed E-state index contributed by atoms with van der Waals surface area (Å²) in [5, 5.41) is 10.6. The Morgan fingerprint density at radius 3 is 0.696 bits per heavy atom. The first kappa shape index (κ1) is 100. The van der Waals surface area contributed by atoms with E-state index in [1.807, 2.05) is 0 Å². The highest BCUT2D eigenvalue weighted by molar-refractivity contribution is 7.47. The number of hydrogen-bond acceptors (Lipinski definition) is 15. The Bertz CT molecular complexity index is 1990. The Morgan fingerprint density at radius 2 is 0.471 bits per heavy atom. The lowest BCUT2D eigenvalue weighted by Crippen LogP contribution is -2.30. The number of unbranched alkanes of at least 4 members (excludes halogenated alkanes) is 45. The van der Waals surface area contributed by atoms with Crippen molar-refractivity contribution in [2.24, 2.45) is 23.7 Å². The molecule has 3 N–H and O–H groups in total. The van der Waals surface area contributed by atoms with Gasteiger partial charge in [0.1, 0.15) is 19.3 Å². The van der Waals surface area contributed by atoms with Gasteiger partial charge in [0.25, 0.3) is 0 Å². The summed E-state index contributed by atoms with van der Waals surface area (Å²) in [5.74, 6) is 0.993. The minimum absolute atomic E-state index is 0.104. The van der Waals surface area contributed by atoms with Crippen molar-refractivity contribution >= 4 is 39.5 Å². The van der Waals surface area contributed by atoms with Gasteiger partial charge in [-0.1, -0.05) is 376 Å². The summed E-state index contributed by atoms with van der Waals surface area (Å²) in [4.78, 5) is 73.0. The fraction of sp³-hybridized carbons (Fsp3) is 0.952. The molecule has 606 valence electrons. The number of carbonyl (C=O) groups excluding carboxylic acids is 4. The third-order valence-corrected chi connectivity index (χ3v) is 21.6. The summed E-state index contributed by atoms with van der Waals surface area (Å²) in [6, 6.07) is 0. The third kappa shape index (κ3) is 74.9. The lowest BCUT2D eigenvalue weighted by molar-refractivity contribution is -0.161. The van der Waals surface area contributed by atoms with E-state index in [1.165, 1.54) is 225 Å². The highest BCUT2D eigenvalue weighted by Crippen LogP contribution is 2.45. The first-order valence-electron chi connectivity index (χ1n) is 42.7. The molecule has 0 radical (unpaired) electrons. The Kier molecular flexibility index (Phi) is 70.6. The standard InChI is InChI=1S/C83H162O17P2/c1-9-76(8)62-54-46-38-32-33-41-50-58-66-83(88)100-79(70-94-81(86)64-56-48-42-34-37-45-53-61-75(6)7)72-98-102(91,92)96-68-77(84)67-95-101(89,90)97-71-78(69-93-80(85)63-55-47-39-30-26-22-18-15-14-17-21-25-29-36-44-52-60-74(4)5)99-82(87)65-57-49-40-31-27-23-19-13-11-10-12-16-20-24-28-35-43-51-59-73(2)3/h73-79,84H,9-72H2,1-8H3,(H,89,90)(H,91,92)/t76?,77?,78-,79-/m1/s1. The maximum atomic E-state index is 13.1. The first-order valence-corrected chi connectivity index (χ1v) is 45.7. The summed E-state index contributed by atoms with van der Waals surface area (Å²) in [7, 11) is -9.92. The van der Waals surface area contributed by atoms with Gasteiger partial charge in [-0.15, -0.1) is 0 Å². The van der Waals surface area contributed by atoms with Crippen LogP contribution in [0.1, 0.15) is 428 Å². The average Bonchev–Trinajstić information content (AvgIpc) is 0.983. The molecule has 0 amide bonds. The van der Waals surface area contributed by atoms with E-state index in [1.54, 1.807) is 0 Å². The predicted octanol–water partition coefficient (Wildman–Crippen LogP) is 24.8. The number of aliphatic hydroxyl groups is 1. The molecule has 17 nitrogen and oxygen atoms in total. The zero-order valence-electron chi connectivity index (χ0n) is 67.2. The number of phosphoric ester groups is 2. The van der Waals surface area contributed by atoms with E-state index in [-0.39, 0.29) is 25.7 Å². The number of hydrogen-bond donors (Lipinski definition) is 3. The van der Waals surface area contributed by atoms with Crippen LogP contribution < -0.4 is 0 Å². The minimum Gasteiger partial charge on any atom is -0.462 e. The highest BCUT2D eigenvalue weighted by atomic mass is 31.2. The van der Waals surface area contributed by atoms with Crippen LogP contribution in [0.2, 0.25) is 0 Å². The van der Waals surface area contributed by atoms with Gasteiger partial charge in [-0.3, -0.25) is 37.3 Å². The van der Waals surface area contributed by atoms with Crippen LogP contribution in [0.5, 0.6) is 0 Å². The minimum atomic E-state index is -4.96. The van der Waals surface area contributed by atoms with Crippen molar-refractivity contribution in [2.45, 2.75) is 446 Å². The van der Waals surface area contributed by atoms with Crippen LogP contribution in [-0.4, -0.2) is 96.7 Å². The van der Waals surface area contributed by atoms with Crippen LogP contribution in [-0.2, 0) is 65.4 Å². The molecule has 102 heavy (non-hydrogen) atoms. The van der Waals surface area contributed by atoms with Crippen molar-refractivity contribution in [1.82, 2.24) is 0 Å². The molecule has 0 bridgehead atoms. The van der Waals surface area contributed by atoms with Crippen molar-refractivity contribution in [3.8, 4) is 0 Å². The van der Waals surface area contributed by atoms with Crippen LogP contribution in [0.25, 0.3) is 0 Å². The van der Waals surface area contributed by atoms with E-state index in [0.29, 0.717) is 31.6 Å². The number of ether oxygens (including phenoxy) is 4. The predicted molar refractivity (Wildman–Crippen MR) is 418 cm³/mol. The maximum absolute atomic E-state index is 13.1. The molecule has 19 heteroatoms. The van der Waals surface area contributed by atoms with Crippen LogP contribution in [0.3, 0.4) is 0 Å². The number of aliphatic hydroxyl groups excluding tert-OH is 1. The van der Waals surface area contributed by atoms with Gasteiger partial charge >= 0.3 is 39.5 Å². The van der Waals surface area contributed by atoms with Gasteiger partial charge in [-0.2, -0.15) is 0 Å². The first-order chi connectivity index (χ1) is 49.1. The van der Waals surface area contributed by atoms with Crippen LogP contribution in [0, 0.1) is 23.7 Å². The van der Waals surface area contributed by atoms with Crippen molar-refractivity contribution in [3.63, 3.8) is 0 Å². The molecule has 0 aliphatic heterocycles. The molecule has 0 aromatic carbocycles. The largest absolute Gasteiger partial charge is 0.472 e. The molecule has 0 aromatic heterocycles. The van der Waals surface area contributed by atoms with E-state index < -0.39 is 97.5 Å². The van der Waals surface area contributed by atoms with Gasteiger partial charge < -0.3 is 33.8 Å². The van der Waals surface area contributed by atoms with E-state index in [4.69, 9.17) is 37.0 Å². The van der Waals surface area contributed by atoms with Crippen LogP contribution >= 0.6 is 15.6 Å². The molecular formula is C83H162O17P2. The van der Waals surface area contributed by atoms with E-state index in [9.17, 15) is 43.2 Å². The Morgan fingerprint density at radius 1 is 0.275 bits per heavy atom. The summed E-state index contributed by atoms with van der Waals surface area (Å²) < 4.78 is 68.7.